The van der Waals surface area contributed by atoms with E-state index in [1.54, 1.807) is 28.8 Å². The highest BCUT2D eigenvalue weighted by Crippen LogP contribution is 2.43. The highest BCUT2D eigenvalue weighted by atomic mass is 16.5. The molecule has 0 bridgehead atoms. The summed E-state index contributed by atoms with van der Waals surface area (Å²) < 4.78 is 5.44. The number of hydrogen-bond donors (Lipinski definition) is 1. The molecule has 0 aromatic carbocycles. The molecule has 140 valence electrons. The number of nitrogens with zero attached hydrogens (tertiary/aromatic N) is 3. The number of carboxylic acids is 1. The number of hydrogen-bond acceptors (Lipinski definition) is 4. The quantitative estimate of drug-likeness (QED) is 0.773. The van der Waals surface area contributed by atoms with E-state index in [0.717, 1.165) is 0 Å². The van der Waals surface area contributed by atoms with Gasteiger partial charge in [-0.15, -0.1) is 0 Å². The molecule has 3 fully saturated rings. The number of piperidine rings is 1. The van der Waals surface area contributed by atoms with Crippen molar-refractivity contribution in [1.29, 1.82) is 0 Å². The zero-order valence-electron chi connectivity index (χ0n) is 14.9. The van der Waals surface area contributed by atoms with Gasteiger partial charge in [-0.05, 0) is 19.3 Å². The molecule has 25 heavy (non-hydrogen) atoms. The number of ether oxygens (including phenoxy) is 1. The average Bonchev–Trinajstić information content (AvgIpc) is 3.01. The van der Waals surface area contributed by atoms with Crippen LogP contribution in [-0.2, 0) is 14.3 Å². The number of carbonyl (C=O) groups excluding carboxylic acids is 2. The van der Waals surface area contributed by atoms with Gasteiger partial charge in [0.05, 0.1) is 12.0 Å². The third-order valence-corrected chi connectivity index (χ3v) is 5.94. The Kier molecular flexibility index (Phi) is 4.90. The molecule has 0 unspecified atom stereocenters. The number of urea groups is 1. The molecule has 0 spiro atoms. The van der Waals surface area contributed by atoms with E-state index in [1.165, 1.54) is 0 Å². The molecule has 3 amide bonds. The lowest BCUT2D eigenvalue weighted by Crippen LogP contribution is -2.47. The summed E-state index contributed by atoms with van der Waals surface area (Å²) in [7, 11) is 3.44. The van der Waals surface area contributed by atoms with Crippen molar-refractivity contribution in [3.8, 4) is 0 Å². The van der Waals surface area contributed by atoms with Gasteiger partial charge < -0.3 is 24.5 Å². The van der Waals surface area contributed by atoms with Crippen LogP contribution in [-0.4, -0.2) is 91.2 Å². The number of aliphatic carboxylic acids is 1. The molecule has 0 radical (unpaired) electrons. The summed E-state index contributed by atoms with van der Waals surface area (Å²) >= 11 is 0. The van der Waals surface area contributed by atoms with E-state index < -0.39 is 11.4 Å². The third-order valence-electron chi connectivity index (χ3n) is 5.94. The third kappa shape index (κ3) is 3.19. The van der Waals surface area contributed by atoms with Gasteiger partial charge in [0, 0.05) is 58.7 Å². The zero-order chi connectivity index (χ0) is 18.2. The number of carboxylic acid groups (broad SMARTS) is 1. The van der Waals surface area contributed by atoms with Crippen molar-refractivity contribution in [3.05, 3.63) is 0 Å². The van der Waals surface area contributed by atoms with Crippen LogP contribution in [0.4, 0.5) is 4.79 Å². The maximum Gasteiger partial charge on any atom is 0.319 e. The number of rotatable bonds is 2. The van der Waals surface area contributed by atoms with E-state index in [2.05, 4.69) is 0 Å². The van der Waals surface area contributed by atoms with Crippen molar-refractivity contribution in [3.63, 3.8) is 0 Å². The van der Waals surface area contributed by atoms with Gasteiger partial charge in [-0.3, -0.25) is 9.59 Å². The highest BCUT2D eigenvalue weighted by molar-refractivity contribution is 5.83. The standard InChI is InChI=1S/C17H27N3O5/c1-18(2)16(24)19-6-3-12(4-7-19)14(21)20-9-13-10-25-8-5-17(13,11-20)15(22)23/h12-13H,3-11H2,1-2H3,(H,22,23)/t13-,17+/m0/s1. The van der Waals surface area contributed by atoms with Crippen LogP contribution in [0.1, 0.15) is 19.3 Å². The molecule has 0 aliphatic carbocycles. The minimum atomic E-state index is -0.852. The topological polar surface area (TPSA) is 90.4 Å². The molecule has 0 aromatic rings. The Morgan fingerprint density at radius 1 is 1.16 bits per heavy atom. The van der Waals surface area contributed by atoms with E-state index in [-0.39, 0.29) is 30.3 Å². The summed E-state index contributed by atoms with van der Waals surface area (Å²) in [6, 6.07) is -0.0277. The number of likely N-dealkylation sites (tertiary alicyclic amines) is 2. The molecule has 0 saturated carbocycles. The van der Waals surface area contributed by atoms with Crippen molar-refractivity contribution < 1.29 is 24.2 Å². The minimum Gasteiger partial charge on any atom is -0.481 e. The Labute approximate surface area is 147 Å². The summed E-state index contributed by atoms with van der Waals surface area (Å²) in [6.45, 7) is 2.73. The molecule has 2 atom stereocenters. The molecule has 0 aromatic heterocycles. The van der Waals surface area contributed by atoms with Gasteiger partial charge in [0.1, 0.15) is 0 Å². The fourth-order valence-electron chi connectivity index (χ4n) is 4.33. The Morgan fingerprint density at radius 3 is 2.40 bits per heavy atom. The predicted octanol–water partition coefficient (Wildman–Crippen LogP) is 0.330. The maximum absolute atomic E-state index is 12.9. The van der Waals surface area contributed by atoms with E-state index in [1.807, 2.05) is 0 Å². The summed E-state index contributed by atoms with van der Waals surface area (Å²) in [5, 5.41) is 9.71. The first kappa shape index (κ1) is 18.0. The van der Waals surface area contributed by atoms with Crippen LogP contribution < -0.4 is 0 Å². The van der Waals surface area contributed by atoms with Crippen molar-refractivity contribution >= 4 is 17.9 Å². The second kappa shape index (κ2) is 6.82. The molecule has 8 nitrogen and oxygen atoms in total. The minimum absolute atomic E-state index is 0.0277. The Morgan fingerprint density at radius 2 is 1.84 bits per heavy atom. The van der Waals surface area contributed by atoms with E-state index in [4.69, 9.17) is 4.74 Å². The van der Waals surface area contributed by atoms with Gasteiger partial charge in [-0.25, -0.2) is 4.79 Å². The normalized spacial score (nSPS) is 30.1. The van der Waals surface area contributed by atoms with Crippen LogP contribution in [0.25, 0.3) is 0 Å². The molecule has 8 heteroatoms. The Bertz CT molecular complexity index is 558. The number of fused-ring (bicyclic) bond motifs is 1. The van der Waals surface area contributed by atoms with E-state index >= 15 is 0 Å². The van der Waals surface area contributed by atoms with Gasteiger partial charge in [-0.2, -0.15) is 0 Å². The molecule has 3 aliphatic heterocycles. The van der Waals surface area contributed by atoms with Crippen LogP contribution >= 0.6 is 0 Å². The number of amides is 3. The Balaban J connectivity index is 1.61. The van der Waals surface area contributed by atoms with Gasteiger partial charge >= 0.3 is 12.0 Å². The smallest absolute Gasteiger partial charge is 0.319 e. The lowest BCUT2D eigenvalue weighted by Gasteiger charge is -2.35. The second-order valence-corrected chi connectivity index (χ2v) is 7.64. The summed E-state index contributed by atoms with van der Waals surface area (Å²) in [5.74, 6) is -1.04. The van der Waals surface area contributed by atoms with Crippen LogP contribution in [0.3, 0.4) is 0 Å². The van der Waals surface area contributed by atoms with Crippen LogP contribution in [0.15, 0.2) is 0 Å². The van der Waals surface area contributed by atoms with Crippen molar-refractivity contribution in [2.24, 2.45) is 17.3 Å². The first-order chi connectivity index (χ1) is 11.8. The molecular weight excluding hydrogens is 326 g/mol. The van der Waals surface area contributed by atoms with Crippen LogP contribution in [0.5, 0.6) is 0 Å². The highest BCUT2D eigenvalue weighted by Gasteiger charge is 2.55. The zero-order valence-corrected chi connectivity index (χ0v) is 14.9. The SMILES string of the molecule is CN(C)C(=O)N1CCC(C(=O)N2C[C@H]3COCC[C@@]3(C(=O)O)C2)CC1. The molecule has 3 saturated heterocycles. The molecule has 1 N–H and O–H groups in total. The lowest BCUT2D eigenvalue weighted by atomic mass is 9.74. The number of carbonyl (C=O) groups is 3. The van der Waals surface area contributed by atoms with E-state index in [0.29, 0.717) is 52.1 Å². The van der Waals surface area contributed by atoms with E-state index in [9.17, 15) is 19.5 Å². The Hall–Kier alpha value is -1.83. The molecular formula is C17H27N3O5. The molecule has 3 rings (SSSR count). The van der Waals surface area contributed by atoms with Crippen LogP contribution in [0, 0.1) is 17.3 Å². The fraction of sp³-hybridized carbons (Fsp3) is 0.824. The van der Waals surface area contributed by atoms with Gasteiger partial charge in [0.25, 0.3) is 0 Å². The van der Waals surface area contributed by atoms with Gasteiger partial charge in [0.15, 0.2) is 0 Å². The van der Waals surface area contributed by atoms with Crippen molar-refractivity contribution in [2.75, 3.05) is 53.5 Å². The lowest BCUT2D eigenvalue weighted by molar-refractivity contribution is -0.157. The van der Waals surface area contributed by atoms with Crippen molar-refractivity contribution in [1.82, 2.24) is 14.7 Å². The summed E-state index contributed by atoms with van der Waals surface area (Å²) in [4.78, 5) is 41.8. The van der Waals surface area contributed by atoms with Crippen molar-refractivity contribution in [2.45, 2.75) is 19.3 Å². The first-order valence-corrected chi connectivity index (χ1v) is 8.91. The van der Waals surface area contributed by atoms with Gasteiger partial charge in [-0.1, -0.05) is 0 Å². The maximum atomic E-state index is 12.9. The first-order valence-electron chi connectivity index (χ1n) is 8.91. The second-order valence-electron chi connectivity index (χ2n) is 7.64. The monoisotopic (exact) mass is 353 g/mol. The predicted molar refractivity (Wildman–Crippen MR) is 89.0 cm³/mol. The molecule has 3 heterocycles. The van der Waals surface area contributed by atoms with Crippen LogP contribution in [0.2, 0.25) is 0 Å². The molecule has 3 aliphatic rings. The largest absolute Gasteiger partial charge is 0.481 e. The summed E-state index contributed by atoms with van der Waals surface area (Å²) in [6.07, 6.45) is 1.73. The summed E-state index contributed by atoms with van der Waals surface area (Å²) in [5.41, 5.74) is -0.852. The van der Waals surface area contributed by atoms with Gasteiger partial charge in [0.2, 0.25) is 5.91 Å². The fourth-order valence-corrected chi connectivity index (χ4v) is 4.33. The average molecular weight is 353 g/mol.